The van der Waals surface area contributed by atoms with Gasteiger partial charge in [0.1, 0.15) is 0 Å². The van der Waals surface area contributed by atoms with Crippen molar-refractivity contribution in [3.63, 3.8) is 0 Å². The van der Waals surface area contributed by atoms with Crippen LogP contribution in [0.3, 0.4) is 0 Å². The fraction of sp³-hybridized carbons (Fsp3) is 0.250. The molecule has 0 spiro atoms. The second-order valence-corrected chi connectivity index (χ2v) is 6.40. The summed E-state index contributed by atoms with van der Waals surface area (Å²) in [5, 5.41) is 21.2. The number of aliphatic carboxylic acids is 2. The molecule has 6 heteroatoms. The number of hydrogen-bond donors (Lipinski definition) is 3. The van der Waals surface area contributed by atoms with Crippen molar-refractivity contribution in [2.24, 2.45) is 5.92 Å². The third-order valence-corrected chi connectivity index (χ3v) is 4.12. The number of amides is 1. The van der Waals surface area contributed by atoms with Crippen molar-refractivity contribution < 1.29 is 24.6 Å². The van der Waals surface area contributed by atoms with Gasteiger partial charge < -0.3 is 15.5 Å². The van der Waals surface area contributed by atoms with E-state index in [-0.39, 0.29) is 6.42 Å². The fourth-order valence-corrected chi connectivity index (χ4v) is 2.50. The Bertz CT molecular complexity index is 783. The summed E-state index contributed by atoms with van der Waals surface area (Å²) in [6.07, 6.45) is -0.356. The van der Waals surface area contributed by atoms with Gasteiger partial charge >= 0.3 is 11.9 Å². The molecule has 0 aliphatic heterocycles. The van der Waals surface area contributed by atoms with Crippen molar-refractivity contribution >= 4 is 17.8 Å². The largest absolute Gasteiger partial charge is 0.479 e. The van der Waals surface area contributed by atoms with E-state index in [1.165, 1.54) is 0 Å². The van der Waals surface area contributed by atoms with Crippen LogP contribution in [0.1, 0.15) is 19.4 Å². The first-order valence-electron chi connectivity index (χ1n) is 8.19. The lowest BCUT2D eigenvalue weighted by molar-refractivity contribution is -0.161. The van der Waals surface area contributed by atoms with E-state index in [4.69, 9.17) is 0 Å². The van der Waals surface area contributed by atoms with E-state index < -0.39 is 29.3 Å². The molecule has 136 valence electrons. The summed E-state index contributed by atoms with van der Waals surface area (Å²) in [6, 6.07) is 16.5. The zero-order valence-electron chi connectivity index (χ0n) is 14.6. The summed E-state index contributed by atoms with van der Waals surface area (Å²) >= 11 is 0. The highest BCUT2D eigenvalue weighted by molar-refractivity contribution is 6.06. The van der Waals surface area contributed by atoms with E-state index in [1.807, 2.05) is 30.3 Å². The molecule has 0 atom stereocenters. The number of carbonyl (C=O) groups excluding carboxylic acids is 1. The molecule has 3 N–H and O–H groups in total. The summed E-state index contributed by atoms with van der Waals surface area (Å²) in [6.45, 7) is 3.14. The van der Waals surface area contributed by atoms with Crippen LogP contribution in [-0.4, -0.2) is 33.6 Å². The number of nitrogens with one attached hydrogen (secondary N) is 1. The first kappa shape index (κ1) is 19.2. The average molecular weight is 355 g/mol. The number of rotatable bonds is 7. The minimum atomic E-state index is -2.41. The van der Waals surface area contributed by atoms with Crippen LogP contribution in [0.25, 0.3) is 11.1 Å². The van der Waals surface area contributed by atoms with Crippen molar-refractivity contribution in [2.75, 3.05) is 0 Å². The van der Waals surface area contributed by atoms with Crippen molar-refractivity contribution in [1.29, 1.82) is 0 Å². The lowest BCUT2D eigenvalue weighted by atomic mass is 9.89. The molecule has 0 unspecified atom stereocenters. The van der Waals surface area contributed by atoms with Gasteiger partial charge in [0.2, 0.25) is 11.4 Å². The normalized spacial score (nSPS) is 11.2. The Labute approximate surface area is 151 Å². The highest BCUT2D eigenvalue weighted by atomic mass is 16.4. The third-order valence-electron chi connectivity index (χ3n) is 4.12. The summed E-state index contributed by atoms with van der Waals surface area (Å²) in [5.41, 5.74) is 0.0144. The summed E-state index contributed by atoms with van der Waals surface area (Å²) in [4.78, 5) is 35.4. The van der Waals surface area contributed by atoms with Crippen molar-refractivity contribution in [3.8, 4) is 11.1 Å². The van der Waals surface area contributed by atoms with E-state index in [0.29, 0.717) is 5.56 Å². The molecule has 0 aromatic heterocycles. The number of carboxylic acid groups (broad SMARTS) is 2. The monoisotopic (exact) mass is 355 g/mol. The maximum atomic E-state index is 12.0. The molecule has 0 heterocycles. The van der Waals surface area contributed by atoms with Gasteiger partial charge in [-0.05, 0) is 16.7 Å². The van der Waals surface area contributed by atoms with Gasteiger partial charge in [-0.15, -0.1) is 0 Å². The second kappa shape index (κ2) is 7.82. The summed E-state index contributed by atoms with van der Waals surface area (Å²) in [5.74, 6) is -4.37. The third kappa shape index (κ3) is 4.08. The van der Waals surface area contributed by atoms with E-state index >= 15 is 0 Å². The van der Waals surface area contributed by atoms with Gasteiger partial charge in [-0.1, -0.05) is 68.4 Å². The van der Waals surface area contributed by atoms with Crippen LogP contribution in [0.4, 0.5) is 0 Å². The first-order valence-corrected chi connectivity index (χ1v) is 8.19. The molecule has 0 saturated heterocycles. The maximum Gasteiger partial charge on any atom is 0.341 e. The minimum absolute atomic E-state index is 0.356. The zero-order valence-corrected chi connectivity index (χ0v) is 14.6. The smallest absolute Gasteiger partial charge is 0.341 e. The molecule has 6 nitrogen and oxygen atoms in total. The molecule has 0 fully saturated rings. The van der Waals surface area contributed by atoms with Crippen LogP contribution in [0.15, 0.2) is 54.6 Å². The van der Waals surface area contributed by atoms with Crippen LogP contribution in [-0.2, 0) is 20.8 Å². The van der Waals surface area contributed by atoms with E-state index in [1.54, 1.807) is 38.1 Å². The molecular weight excluding hydrogens is 334 g/mol. The molecule has 0 radical (unpaired) electrons. The average Bonchev–Trinajstić information content (AvgIpc) is 2.61. The Morgan fingerprint density at radius 2 is 1.38 bits per heavy atom. The molecule has 26 heavy (non-hydrogen) atoms. The topological polar surface area (TPSA) is 104 Å². The number of benzene rings is 2. The Balaban J connectivity index is 2.32. The van der Waals surface area contributed by atoms with E-state index in [0.717, 1.165) is 11.1 Å². The molecular formula is C20H21NO5. The highest BCUT2D eigenvalue weighted by Crippen LogP contribution is 2.22. The van der Waals surface area contributed by atoms with Crippen LogP contribution >= 0.6 is 0 Å². The SMILES string of the molecule is CC(C)C(=O)NC(Cc1ccc(-c2ccccc2)cc1)(C(=O)O)C(=O)O. The summed E-state index contributed by atoms with van der Waals surface area (Å²) in [7, 11) is 0. The maximum absolute atomic E-state index is 12.0. The Morgan fingerprint density at radius 1 is 0.885 bits per heavy atom. The molecule has 0 bridgehead atoms. The quantitative estimate of drug-likeness (QED) is 0.662. The molecule has 1 amide bonds. The predicted molar refractivity (Wildman–Crippen MR) is 96.6 cm³/mol. The molecule has 0 saturated carbocycles. The van der Waals surface area contributed by atoms with Gasteiger partial charge in [-0.3, -0.25) is 4.79 Å². The Morgan fingerprint density at radius 3 is 1.85 bits per heavy atom. The molecule has 2 aromatic rings. The van der Waals surface area contributed by atoms with Gasteiger partial charge in [0.15, 0.2) is 0 Å². The first-order chi connectivity index (χ1) is 12.3. The summed E-state index contributed by atoms with van der Waals surface area (Å²) < 4.78 is 0. The van der Waals surface area contributed by atoms with Crippen molar-refractivity contribution in [2.45, 2.75) is 25.8 Å². The lowest BCUT2D eigenvalue weighted by Gasteiger charge is -2.27. The molecule has 2 aromatic carbocycles. The number of hydrogen-bond acceptors (Lipinski definition) is 3. The fourth-order valence-electron chi connectivity index (χ4n) is 2.50. The van der Waals surface area contributed by atoms with Crippen LogP contribution < -0.4 is 5.32 Å². The van der Waals surface area contributed by atoms with Gasteiger partial charge in [0.25, 0.3) is 0 Å². The van der Waals surface area contributed by atoms with Crippen LogP contribution in [0.2, 0.25) is 0 Å². The molecule has 2 rings (SSSR count). The van der Waals surface area contributed by atoms with Crippen molar-refractivity contribution in [1.82, 2.24) is 5.32 Å². The zero-order chi connectivity index (χ0) is 19.3. The Kier molecular flexibility index (Phi) is 5.77. The van der Waals surface area contributed by atoms with Gasteiger partial charge in [0, 0.05) is 12.3 Å². The van der Waals surface area contributed by atoms with Crippen molar-refractivity contribution in [3.05, 3.63) is 60.2 Å². The van der Waals surface area contributed by atoms with Gasteiger partial charge in [0.05, 0.1) is 0 Å². The minimum Gasteiger partial charge on any atom is -0.479 e. The molecule has 0 aliphatic carbocycles. The number of carbonyl (C=O) groups is 3. The van der Waals surface area contributed by atoms with Gasteiger partial charge in [-0.25, -0.2) is 9.59 Å². The number of carboxylic acids is 2. The highest BCUT2D eigenvalue weighted by Gasteiger charge is 2.48. The Hall–Kier alpha value is -3.15. The van der Waals surface area contributed by atoms with E-state index in [2.05, 4.69) is 5.32 Å². The predicted octanol–water partition coefficient (Wildman–Crippen LogP) is 2.58. The lowest BCUT2D eigenvalue weighted by Crippen LogP contribution is -2.62. The van der Waals surface area contributed by atoms with Crippen LogP contribution in [0.5, 0.6) is 0 Å². The van der Waals surface area contributed by atoms with Crippen LogP contribution in [0, 0.1) is 5.92 Å². The standard InChI is InChI=1S/C20H21NO5/c1-13(2)17(22)21-20(18(23)24,19(25)26)12-14-8-10-16(11-9-14)15-6-4-3-5-7-15/h3-11,13H,12H2,1-2H3,(H,21,22)(H,23,24)(H,25,26). The molecule has 0 aliphatic rings. The second-order valence-electron chi connectivity index (χ2n) is 6.40. The van der Waals surface area contributed by atoms with E-state index in [9.17, 15) is 24.6 Å². The van der Waals surface area contributed by atoms with Gasteiger partial charge in [-0.2, -0.15) is 0 Å².